The molecule has 0 bridgehead atoms. The molecular weight excluding hydrogens is 194 g/mol. The summed E-state index contributed by atoms with van der Waals surface area (Å²) >= 11 is 4.40. The molecule has 0 N–H and O–H groups in total. The van der Waals surface area contributed by atoms with E-state index >= 15 is 0 Å². The quantitative estimate of drug-likeness (QED) is 0.753. The number of furan rings is 1. The fourth-order valence-corrected chi connectivity index (χ4v) is 2.26. The Morgan fingerprint density at radius 3 is 2.86 bits per heavy atom. The summed E-state index contributed by atoms with van der Waals surface area (Å²) in [5.41, 5.74) is 0.504. The minimum absolute atomic E-state index is 0.504. The molecule has 1 aliphatic rings. The first-order valence-corrected chi connectivity index (χ1v) is 5.69. The van der Waals surface area contributed by atoms with Gasteiger partial charge in [0.1, 0.15) is 5.76 Å². The van der Waals surface area contributed by atoms with Gasteiger partial charge in [0.15, 0.2) is 0 Å². The first-order chi connectivity index (χ1) is 6.74. The van der Waals surface area contributed by atoms with Crippen LogP contribution in [-0.2, 0) is 6.54 Å². The standard InChI is InChI=1S/C11H17NOS/c1-12(7-10-3-2-6-13-10)8-11(9-14)4-5-11/h2-3,6,14H,4-5,7-9H2,1H3. The maximum Gasteiger partial charge on any atom is 0.117 e. The average Bonchev–Trinajstić information content (AvgIpc) is 2.74. The van der Waals surface area contributed by atoms with Crippen LogP contribution in [0.3, 0.4) is 0 Å². The van der Waals surface area contributed by atoms with Gasteiger partial charge < -0.3 is 4.42 Å². The molecule has 14 heavy (non-hydrogen) atoms. The normalized spacial score (nSPS) is 18.8. The van der Waals surface area contributed by atoms with Gasteiger partial charge in [-0.25, -0.2) is 0 Å². The third-order valence-electron chi connectivity index (χ3n) is 2.90. The van der Waals surface area contributed by atoms with Crippen LogP contribution in [0.25, 0.3) is 0 Å². The monoisotopic (exact) mass is 211 g/mol. The van der Waals surface area contributed by atoms with Crippen molar-refractivity contribution in [3.05, 3.63) is 24.2 Å². The lowest BCUT2D eigenvalue weighted by Gasteiger charge is -2.21. The molecule has 0 spiro atoms. The zero-order valence-corrected chi connectivity index (χ0v) is 9.46. The highest BCUT2D eigenvalue weighted by Gasteiger charge is 2.41. The molecule has 1 saturated carbocycles. The molecule has 78 valence electrons. The van der Waals surface area contributed by atoms with E-state index in [2.05, 4.69) is 24.6 Å². The SMILES string of the molecule is CN(Cc1ccco1)CC1(CS)CC1. The van der Waals surface area contributed by atoms with Crippen LogP contribution in [0.2, 0.25) is 0 Å². The molecule has 0 saturated heterocycles. The number of hydrogen-bond donors (Lipinski definition) is 1. The summed E-state index contributed by atoms with van der Waals surface area (Å²) in [5.74, 6) is 2.05. The van der Waals surface area contributed by atoms with E-state index in [4.69, 9.17) is 4.42 Å². The van der Waals surface area contributed by atoms with Crippen molar-refractivity contribution >= 4 is 12.6 Å². The van der Waals surface area contributed by atoms with Crippen molar-refractivity contribution in [1.82, 2.24) is 4.90 Å². The van der Waals surface area contributed by atoms with Crippen LogP contribution in [0.5, 0.6) is 0 Å². The summed E-state index contributed by atoms with van der Waals surface area (Å²) < 4.78 is 5.31. The Morgan fingerprint density at radius 2 is 2.36 bits per heavy atom. The third kappa shape index (κ3) is 2.34. The van der Waals surface area contributed by atoms with E-state index in [1.807, 2.05) is 12.1 Å². The Kier molecular flexibility index (Phi) is 2.88. The maximum atomic E-state index is 5.31. The van der Waals surface area contributed by atoms with Crippen molar-refractivity contribution in [2.75, 3.05) is 19.3 Å². The first kappa shape index (κ1) is 10.1. The van der Waals surface area contributed by atoms with Gasteiger partial charge in [-0.1, -0.05) is 0 Å². The number of hydrogen-bond acceptors (Lipinski definition) is 3. The molecule has 2 rings (SSSR count). The van der Waals surface area contributed by atoms with Gasteiger partial charge in [-0.2, -0.15) is 12.6 Å². The van der Waals surface area contributed by atoms with Crippen LogP contribution in [0.1, 0.15) is 18.6 Å². The number of thiol groups is 1. The summed E-state index contributed by atoms with van der Waals surface area (Å²) in [6.07, 6.45) is 4.40. The van der Waals surface area contributed by atoms with Crippen LogP contribution in [0, 0.1) is 5.41 Å². The smallest absolute Gasteiger partial charge is 0.117 e. The molecule has 0 unspecified atom stereocenters. The average molecular weight is 211 g/mol. The van der Waals surface area contributed by atoms with Crippen LogP contribution < -0.4 is 0 Å². The van der Waals surface area contributed by atoms with Crippen molar-refractivity contribution in [3.8, 4) is 0 Å². The van der Waals surface area contributed by atoms with E-state index in [0.29, 0.717) is 5.41 Å². The zero-order chi connectivity index (χ0) is 10.0. The maximum absolute atomic E-state index is 5.31. The Morgan fingerprint density at radius 1 is 1.57 bits per heavy atom. The Balaban J connectivity index is 1.82. The minimum Gasteiger partial charge on any atom is -0.468 e. The number of nitrogens with zero attached hydrogens (tertiary/aromatic N) is 1. The Hall–Kier alpha value is -0.410. The van der Waals surface area contributed by atoms with Crippen LogP contribution in [-0.4, -0.2) is 24.2 Å². The third-order valence-corrected chi connectivity index (χ3v) is 3.57. The highest BCUT2D eigenvalue weighted by Crippen LogP contribution is 2.46. The lowest BCUT2D eigenvalue weighted by Crippen LogP contribution is -2.27. The van der Waals surface area contributed by atoms with E-state index in [0.717, 1.165) is 24.6 Å². The van der Waals surface area contributed by atoms with E-state index in [1.54, 1.807) is 6.26 Å². The van der Waals surface area contributed by atoms with Crippen molar-refractivity contribution in [2.45, 2.75) is 19.4 Å². The predicted molar refractivity (Wildman–Crippen MR) is 60.6 cm³/mol. The Bertz CT molecular complexity index is 279. The van der Waals surface area contributed by atoms with E-state index in [1.165, 1.54) is 12.8 Å². The fraction of sp³-hybridized carbons (Fsp3) is 0.636. The van der Waals surface area contributed by atoms with Gasteiger partial charge in [0.25, 0.3) is 0 Å². The zero-order valence-electron chi connectivity index (χ0n) is 8.57. The minimum atomic E-state index is 0.504. The second-order valence-corrected chi connectivity index (χ2v) is 4.73. The molecular formula is C11H17NOS. The lowest BCUT2D eigenvalue weighted by molar-refractivity contribution is 0.250. The van der Waals surface area contributed by atoms with Crippen molar-refractivity contribution in [1.29, 1.82) is 0 Å². The van der Waals surface area contributed by atoms with Crippen molar-refractivity contribution < 1.29 is 4.42 Å². The van der Waals surface area contributed by atoms with Crippen molar-refractivity contribution in [3.63, 3.8) is 0 Å². The van der Waals surface area contributed by atoms with Crippen molar-refractivity contribution in [2.24, 2.45) is 5.41 Å². The summed E-state index contributed by atoms with van der Waals surface area (Å²) in [6.45, 7) is 2.04. The molecule has 1 aliphatic carbocycles. The molecule has 1 fully saturated rings. The van der Waals surface area contributed by atoms with Gasteiger partial charge in [-0.3, -0.25) is 4.90 Å². The highest BCUT2D eigenvalue weighted by atomic mass is 32.1. The topological polar surface area (TPSA) is 16.4 Å². The first-order valence-electron chi connectivity index (χ1n) is 5.06. The largest absolute Gasteiger partial charge is 0.468 e. The van der Waals surface area contributed by atoms with Crippen LogP contribution in [0.15, 0.2) is 22.8 Å². The molecule has 3 heteroatoms. The summed E-state index contributed by atoms with van der Waals surface area (Å²) in [6, 6.07) is 3.96. The molecule has 1 aromatic heterocycles. The van der Waals surface area contributed by atoms with E-state index in [9.17, 15) is 0 Å². The van der Waals surface area contributed by atoms with Gasteiger partial charge in [0.2, 0.25) is 0 Å². The van der Waals surface area contributed by atoms with Crippen LogP contribution in [0.4, 0.5) is 0 Å². The predicted octanol–water partition coefficient (Wildman–Crippen LogP) is 2.42. The van der Waals surface area contributed by atoms with Crippen LogP contribution >= 0.6 is 12.6 Å². The molecule has 2 nitrogen and oxygen atoms in total. The van der Waals surface area contributed by atoms with E-state index in [-0.39, 0.29) is 0 Å². The van der Waals surface area contributed by atoms with Gasteiger partial charge in [-0.05, 0) is 43.2 Å². The molecule has 0 aromatic carbocycles. The van der Waals surface area contributed by atoms with Gasteiger partial charge >= 0.3 is 0 Å². The molecule has 1 aromatic rings. The second-order valence-electron chi connectivity index (χ2n) is 4.41. The molecule has 0 atom stereocenters. The van der Waals surface area contributed by atoms with Gasteiger partial charge in [0, 0.05) is 6.54 Å². The molecule has 1 heterocycles. The van der Waals surface area contributed by atoms with E-state index < -0.39 is 0 Å². The second kappa shape index (κ2) is 3.99. The molecule has 0 radical (unpaired) electrons. The molecule has 0 amide bonds. The lowest BCUT2D eigenvalue weighted by atomic mass is 10.1. The number of rotatable bonds is 5. The van der Waals surface area contributed by atoms with Gasteiger partial charge in [-0.15, -0.1) is 0 Å². The fourth-order valence-electron chi connectivity index (χ4n) is 1.84. The highest BCUT2D eigenvalue weighted by molar-refractivity contribution is 7.80. The summed E-state index contributed by atoms with van der Waals surface area (Å²) in [5, 5.41) is 0. The Labute approximate surface area is 90.7 Å². The van der Waals surface area contributed by atoms with Gasteiger partial charge in [0.05, 0.1) is 12.8 Å². The summed E-state index contributed by atoms with van der Waals surface area (Å²) in [7, 11) is 2.14. The molecule has 0 aliphatic heterocycles. The summed E-state index contributed by atoms with van der Waals surface area (Å²) in [4.78, 5) is 2.32.